The van der Waals surface area contributed by atoms with Crippen molar-refractivity contribution >= 4 is 11.6 Å². The maximum Gasteiger partial charge on any atom is 0.228 e. The van der Waals surface area contributed by atoms with Crippen LogP contribution < -0.4 is 11.1 Å². The lowest BCUT2D eigenvalue weighted by Crippen LogP contribution is -2.27. The molecule has 0 heterocycles. The van der Waals surface area contributed by atoms with Gasteiger partial charge in [0.15, 0.2) is 11.6 Å². The highest BCUT2D eigenvalue weighted by atomic mass is 19.2. The van der Waals surface area contributed by atoms with Gasteiger partial charge in [0.1, 0.15) is 0 Å². The molecule has 15 heavy (non-hydrogen) atoms. The summed E-state index contributed by atoms with van der Waals surface area (Å²) in [6.07, 6.45) is 0. The summed E-state index contributed by atoms with van der Waals surface area (Å²) in [4.78, 5) is 11.3. The number of carbonyl (C=O) groups is 1. The number of anilines is 1. The minimum Gasteiger partial charge on any atom is -0.330 e. The minimum absolute atomic E-state index is 0.156. The Morgan fingerprint density at radius 2 is 2.20 bits per heavy atom. The fourth-order valence-corrected chi connectivity index (χ4v) is 0.963. The number of benzene rings is 1. The molecule has 3 N–H and O–H groups in total. The van der Waals surface area contributed by atoms with Gasteiger partial charge in [-0.2, -0.15) is 0 Å². The molecule has 0 aliphatic carbocycles. The lowest BCUT2D eigenvalue weighted by Gasteiger charge is -2.10. The molecular formula is C10H12F2N2O. The average molecular weight is 214 g/mol. The third-order valence-electron chi connectivity index (χ3n) is 2.01. The van der Waals surface area contributed by atoms with Crippen molar-refractivity contribution in [1.29, 1.82) is 0 Å². The highest BCUT2D eigenvalue weighted by Crippen LogP contribution is 2.17. The molecule has 1 rings (SSSR count). The average Bonchev–Trinajstić information content (AvgIpc) is 2.23. The zero-order valence-corrected chi connectivity index (χ0v) is 8.26. The van der Waals surface area contributed by atoms with Crippen LogP contribution in [0.3, 0.4) is 0 Å². The second-order valence-electron chi connectivity index (χ2n) is 3.23. The van der Waals surface area contributed by atoms with Crippen LogP contribution in [0.25, 0.3) is 0 Å². The van der Waals surface area contributed by atoms with Crippen LogP contribution in [-0.2, 0) is 4.79 Å². The van der Waals surface area contributed by atoms with Crippen LogP contribution in [0.4, 0.5) is 14.5 Å². The van der Waals surface area contributed by atoms with E-state index in [0.717, 1.165) is 6.07 Å². The molecule has 0 aliphatic heterocycles. The van der Waals surface area contributed by atoms with Crippen molar-refractivity contribution in [3.05, 3.63) is 29.8 Å². The number of carbonyl (C=O) groups excluding carboxylic acids is 1. The molecule has 5 heteroatoms. The van der Waals surface area contributed by atoms with Crippen molar-refractivity contribution in [1.82, 2.24) is 0 Å². The van der Waals surface area contributed by atoms with E-state index in [0.29, 0.717) is 0 Å². The maximum absolute atomic E-state index is 13.1. The second kappa shape index (κ2) is 4.84. The molecule has 0 saturated heterocycles. The number of amides is 1. The SMILES string of the molecule is CC(CN)C(=O)Nc1cccc(F)c1F. The molecule has 0 fully saturated rings. The summed E-state index contributed by atoms with van der Waals surface area (Å²) in [6.45, 7) is 1.76. The van der Waals surface area contributed by atoms with Crippen LogP contribution in [-0.4, -0.2) is 12.5 Å². The number of nitrogens with one attached hydrogen (secondary N) is 1. The summed E-state index contributed by atoms with van der Waals surface area (Å²) in [5.74, 6) is -2.92. The van der Waals surface area contributed by atoms with Gasteiger partial charge >= 0.3 is 0 Å². The lowest BCUT2D eigenvalue weighted by molar-refractivity contribution is -0.119. The van der Waals surface area contributed by atoms with Crippen molar-refractivity contribution in [2.45, 2.75) is 6.92 Å². The molecule has 1 aromatic rings. The van der Waals surface area contributed by atoms with E-state index in [4.69, 9.17) is 5.73 Å². The van der Waals surface area contributed by atoms with Crippen molar-refractivity contribution in [2.24, 2.45) is 11.7 Å². The number of halogens is 2. The first kappa shape index (κ1) is 11.6. The fourth-order valence-electron chi connectivity index (χ4n) is 0.963. The molecule has 0 radical (unpaired) electrons. The van der Waals surface area contributed by atoms with E-state index in [1.54, 1.807) is 6.92 Å². The van der Waals surface area contributed by atoms with E-state index >= 15 is 0 Å². The van der Waals surface area contributed by atoms with Gasteiger partial charge in [-0.1, -0.05) is 13.0 Å². The largest absolute Gasteiger partial charge is 0.330 e. The van der Waals surface area contributed by atoms with Gasteiger partial charge in [0, 0.05) is 12.5 Å². The van der Waals surface area contributed by atoms with Gasteiger partial charge in [0.25, 0.3) is 0 Å². The number of hydrogen-bond donors (Lipinski definition) is 2. The Bertz CT molecular complexity index is 368. The van der Waals surface area contributed by atoms with Crippen molar-refractivity contribution < 1.29 is 13.6 Å². The number of hydrogen-bond acceptors (Lipinski definition) is 2. The minimum atomic E-state index is -1.06. The predicted octanol–water partition coefficient (Wildman–Crippen LogP) is 1.50. The Hall–Kier alpha value is -1.49. The molecule has 1 aromatic carbocycles. The third kappa shape index (κ3) is 2.73. The Morgan fingerprint density at radius 1 is 1.53 bits per heavy atom. The molecule has 0 aliphatic rings. The van der Waals surface area contributed by atoms with E-state index < -0.39 is 23.5 Å². The summed E-state index contributed by atoms with van der Waals surface area (Å²) < 4.78 is 25.9. The lowest BCUT2D eigenvalue weighted by atomic mass is 10.1. The monoisotopic (exact) mass is 214 g/mol. The normalized spacial score (nSPS) is 12.3. The van der Waals surface area contributed by atoms with Gasteiger partial charge in [-0.05, 0) is 12.1 Å². The molecule has 82 valence electrons. The summed E-state index contributed by atoms with van der Waals surface area (Å²) in [5.41, 5.74) is 5.10. The summed E-state index contributed by atoms with van der Waals surface area (Å²) >= 11 is 0. The summed E-state index contributed by atoms with van der Waals surface area (Å²) in [6, 6.07) is 3.60. The molecule has 1 amide bonds. The van der Waals surface area contributed by atoms with Gasteiger partial charge in [0.2, 0.25) is 5.91 Å². The Labute approximate surface area is 86.3 Å². The van der Waals surface area contributed by atoms with Gasteiger partial charge in [0.05, 0.1) is 5.69 Å². The summed E-state index contributed by atoms with van der Waals surface area (Å²) in [7, 11) is 0. The topological polar surface area (TPSA) is 55.1 Å². The second-order valence-corrected chi connectivity index (χ2v) is 3.23. The van der Waals surface area contributed by atoms with Gasteiger partial charge < -0.3 is 11.1 Å². The highest BCUT2D eigenvalue weighted by molar-refractivity contribution is 5.92. The first-order valence-electron chi connectivity index (χ1n) is 4.51. The van der Waals surface area contributed by atoms with Crippen LogP contribution in [0.15, 0.2) is 18.2 Å². The van der Waals surface area contributed by atoms with E-state index in [1.165, 1.54) is 12.1 Å². The first-order chi connectivity index (χ1) is 7.06. The maximum atomic E-state index is 13.1. The van der Waals surface area contributed by atoms with Gasteiger partial charge in [-0.25, -0.2) is 8.78 Å². The first-order valence-corrected chi connectivity index (χ1v) is 4.51. The van der Waals surface area contributed by atoms with E-state index in [9.17, 15) is 13.6 Å². The molecule has 0 spiro atoms. The predicted molar refractivity (Wildman–Crippen MR) is 53.2 cm³/mol. The van der Waals surface area contributed by atoms with Crippen LogP contribution >= 0.6 is 0 Å². The van der Waals surface area contributed by atoms with Crippen LogP contribution in [0.2, 0.25) is 0 Å². The molecule has 0 saturated carbocycles. The number of nitrogens with two attached hydrogens (primary N) is 1. The van der Waals surface area contributed by atoms with E-state index in [-0.39, 0.29) is 12.2 Å². The van der Waals surface area contributed by atoms with E-state index in [2.05, 4.69) is 5.32 Å². The summed E-state index contributed by atoms with van der Waals surface area (Å²) in [5, 5.41) is 2.27. The molecule has 1 atom stereocenters. The van der Waals surface area contributed by atoms with Gasteiger partial charge in [-0.15, -0.1) is 0 Å². The standard InChI is InChI=1S/C10H12F2N2O/c1-6(5-13)10(15)14-8-4-2-3-7(11)9(8)12/h2-4,6H,5,13H2,1H3,(H,14,15). The smallest absolute Gasteiger partial charge is 0.228 e. The zero-order chi connectivity index (χ0) is 11.4. The molecule has 0 bridgehead atoms. The fraction of sp³-hybridized carbons (Fsp3) is 0.300. The molecular weight excluding hydrogens is 202 g/mol. The molecule has 0 aromatic heterocycles. The van der Waals surface area contributed by atoms with E-state index in [1.807, 2.05) is 0 Å². The quantitative estimate of drug-likeness (QED) is 0.801. The van der Waals surface area contributed by atoms with Gasteiger partial charge in [-0.3, -0.25) is 4.79 Å². The van der Waals surface area contributed by atoms with Crippen molar-refractivity contribution in [3.63, 3.8) is 0 Å². The van der Waals surface area contributed by atoms with Crippen LogP contribution in [0.5, 0.6) is 0 Å². The Balaban J connectivity index is 2.81. The highest BCUT2D eigenvalue weighted by Gasteiger charge is 2.14. The van der Waals surface area contributed by atoms with Crippen molar-refractivity contribution in [3.8, 4) is 0 Å². The molecule has 3 nitrogen and oxygen atoms in total. The number of rotatable bonds is 3. The Kier molecular flexibility index (Phi) is 3.74. The molecule has 1 unspecified atom stereocenters. The Morgan fingerprint density at radius 3 is 2.80 bits per heavy atom. The zero-order valence-electron chi connectivity index (χ0n) is 8.26. The van der Waals surface area contributed by atoms with Crippen LogP contribution in [0.1, 0.15) is 6.92 Å². The third-order valence-corrected chi connectivity index (χ3v) is 2.01. The van der Waals surface area contributed by atoms with Crippen LogP contribution in [0, 0.1) is 17.6 Å². The van der Waals surface area contributed by atoms with Crippen molar-refractivity contribution in [2.75, 3.05) is 11.9 Å².